The van der Waals surface area contributed by atoms with Gasteiger partial charge in [0.05, 0.1) is 6.04 Å². The minimum atomic E-state index is 0.146. The average Bonchev–Trinajstić information content (AvgIpc) is 2.36. The third-order valence-electron chi connectivity index (χ3n) is 3.12. The summed E-state index contributed by atoms with van der Waals surface area (Å²) in [6.45, 7) is 3.93. The van der Waals surface area contributed by atoms with Gasteiger partial charge in [0, 0.05) is 18.1 Å². The molecular weight excluding hydrogens is 260 g/mol. The number of rotatable bonds is 3. The molecule has 0 saturated carbocycles. The third kappa shape index (κ3) is 3.15. The third-order valence-corrected chi connectivity index (χ3v) is 3.35. The van der Waals surface area contributed by atoms with Crippen LogP contribution in [0.25, 0.3) is 0 Å². The summed E-state index contributed by atoms with van der Waals surface area (Å²) in [4.78, 5) is 10.5. The van der Waals surface area contributed by atoms with Crippen LogP contribution >= 0.6 is 11.6 Å². The molecule has 1 heterocycles. The Morgan fingerprint density at radius 2 is 2.00 bits per heavy atom. The zero-order valence-corrected chi connectivity index (χ0v) is 12.0. The Kier molecular flexibility index (Phi) is 3.90. The summed E-state index contributed by atoms with van der Waals surface area (Å²) >= 11 is 6.03. The summed E-state index contributed by atoms with van der Waals surface area (Å²) < 4.78 is 0. The highest BCUT2D eigenvalue weighted by Gasteiger charge is 2.14. The number of halogens is 1. The fraction of sp³-hybridized carbons (Fsp3) is 0.286. The Labute approximate surface area is 118 Å². The van der Waals surface area contributed by atoms with Crippen LogP contribution < -0.4 is 10.6 Å². The van der Waals surface area contributed by atoms with E-state index in [1.54, 1.807) is 6.07 Å². The van der Waals surface area contributed by atoms with Gasteiger partial charge < -0.3 is 10.6 Å². The minimum Gasteiger partial charge on any atom is -0.384 e. The van der Waals surface area contributed by atoms with Crippen LogP contribution in [0.3, 0.4) is 0 Å². The van der Waals surface area contributed by atoms with E-state index in [9.17, 15) is 0 Å². The van der Waals surface area contributed by atoms with Crippen LogP contribution in [0, 0.1) is 6.92 Å². The molecule has 4 nitrogen and oxygen atoms in total. The van der Waals surface area contributed by atoms with Gasteiger partial charge in [0.1, 0.15) is 17.5 Å². The maximum Gasteiger partial charge on any atom is 0.134 e. The summed E-state index contributed by atoms with van der Waals surface area (Å²) in [5, 5.41) is 0.733. The van der Waals surface area contributed by atoms with Gasteiger partial charge in [-0.2, -0.15) is 0 Å². The molecule has 0 radical (unpaired) electrons. The van der Waals surface area contributed by atoms with Crippen LogP contribution in [0.5, 0.6) is 0 Å². The Morgan fingerprint density at radius 3 is 2.63 bits per heavy atom. The molecule has 0 aliphatic carbocycles. The molecule has 0 aliphatic heterocycles. The van der Waals surface area contributed by atoms with Crippen molar-refractivity contribution in [3.05, 3.63) is 46.7 Å². The van der Waals surface area contributed by atoms with Gasteiger partial charge >= 0.3 is 0 Å². The number of hydrogen-bond donors (Lipinski definition) is 1. The van der Waals surface area contributed by atoms with Gasteiger partial charge in [0.2, 0.25) is 0 Å². The second kappa shape index (κ2) is 5.45. The highest BCUT2D eigenvalue weighted by molar-refractivity contribution is 6.30. The Bertz CT molecular complexity index is 565. The molecule has 19 heavy (non-hydrogen) atoms. The first-order chi connectivity index (χ1) is 8.97. The lowest BCUT2D eigenvalue weighted by molar-refractivity contribution is 0.725. The van der Waals surface area contributed by atoms with Crippen LogP contribution in [0.1, 0.15) is 24.4 Å². The Hall–Kier alpha value is -1.81. The molecule has 0 aliphatic rings. The zero-order valence-electron chi connectivity index (χ0n) is 11.3. The number of anilines is 2. The van der Waals surface area contributed by atoms with Crippen LogP contribution in [-0.4, -0.2) is 17.0 Å². The van der Waals surface area contributed by atoms with Gasteiger partial charge in [-0.15, -0.1) is 0 Å². The quantitative estimate of drug-likeness (QED) is 0.935. The number of aromatic nitrogens is 2. The molecule has 0 bridgehead atoms. The SMILES string of the molecule is Cc1nc(N)cc(N(C)C(C)c2cccc(Cl)c2)n1. The molecule has 1 unspecified atom stereocenters. The molecule has 2 rings (SSSR count). The number of benzene rings is 1. The van der Waals surface area contributed by atoms with E-state index in [2.05, 4.69) is 21.8 Å². The van der Waals surface area contributed by atoms with E-state index < -0.39 is 0 Å². The van der Waals surface area contributed by atoms with Gasteiger partial charge in [0.15, 0.2) is 0 Å². The van der Waals surface area contributed by atoms with Crippen molar-refractivity contribution >= 4 is 23.2 Å². The molecule has 100 valence electrons. The summed E-state index contributed by atoms with van der Waals surface area (Å²) in [6, 6.07) is 9.73. The summed E-state index contributed by atoms with van der Waals surface area (Å²) in [6.07, 6.45) is 0. The second-order valence-electron chi connectivity index (χ2n) is 4.54. The van der Waals surface area contributed by atoms with Gasteiger partial charge in [-0.05, 0) is 31.5 Å². The number of aryl methyl sites for hydroxylation is 1. The molecule has 2 aromatic rings. The van der Waals surface area contributed by atoms with Crippen LogP contribution in [-0.2, 0) is 0 Å². The summed E-state index contributed by atoms with van der Waals surface area (Å²) in [5.74, 6) is 1.95. The average molecular weight is 277 g/mol. The number of hydrogen-bond acceptors (Lipinski definition) is 4. The number of nitrogens with two attached hydrogens (primary N) is 1. The predicted octanol–water partition coefficient (Wildman–Crippen LogP) is 3.22. The highest BCUT2D eigenvalue weighted by atomic mass is 35.5. The van der Waals surface area contributed by atoms with Crippen molar-refractivity contribution in [2.45, 2.75) is 19.9 Å². The van der Waals surface area contributed by atoms with E-state index in [0.29, 0.717) is 11.6 Å². The molecule has 5 heteroatoms. The first kappa shape index (κ1) is 13.6. The predicted molar refractivity (Wildman–Crippen MR) is 79.5 cm³/mol. The maximum absolute atomic E-state index is 6.03. The van der Waals surface area contributed by atoms with Crippen molar-refractivity contribution in [1.29, 1.82) is 0 Å². The van der Waals surface area contributed by atoms with Gasteiger partial charge in [-0.3, -0.25) is 0 Å². The van der Waals surface area contributed by atoms with Crippen molar-refractivity contribution in [2.75, 3.05) is 17.7 Å². The molecule has 0 amide bonds. The monoisotopic (exact) mass is 276 g/mol. The zero-order chi connectivity index (χ0) is 14.0. The minimum absolute atomic E-state index is 0.146. The molecular formula is C14H17ClN4. The van der Waals surface area contributed by atoms with Crippen molar-refractivity contribution in [3.8, 4) is 0 Å². The Balaban J connectivity index is 2.30. The van der Waals surface area contributed by atoms with Crippen molar-refractivity contribution < 1.29 is 0 Å². The molecule has 1 aromatic carbocycles. The van der Waals surface area contributed by atoms with Crippen LogP contribution in [0.15, 0.2) is 30.3 Å². The molecule has 1 atom stereocenters. The van der Waals surface area contributed by atoms with Crippen molar-refractivity contribution in [1.82, 2.24) is 9.97 Å². The molecule has 0 spiro atoms. The standard InChI is InChI=1S/C14H17ClN4/c1-9(11-5-4-6-12(15)7-11)19(3)14-8-13(16)17-10(2)18-14/h4-9H,1-3H3,(H2,16,17,18). The smallest absolute Gasteiger partial charge is 0.134 e. The van der Waals surface area contributed by atoms with E-state index in [0.717, 1.165) is 16.4 Å². The lowest BCUT2D eigenvalue weighted by Crippen LogP contribution is -2.23. The Morgan fingerprint density at radius 1 is 1.26 bits per heavy atom. The summed E-state index contributed by atoms with van der Waals surface area (Å²) in [7, 11) is 1.98. The fourth-order valence-corrected chi connectivity index (χ4v) is 2.14. The number of nitrogen functional groups attached to an aromatic ring is 1. The van der Waals surface area contributed by atoms with Crippen LogP contribution in [0.2, 0.25) is 5.02 Å². The maximum atomic E-state index is 6.03. The van der Waals surface area contributed by atoms with E-state index in [-0.39, 0.29) is 6.04 Å². The fourth-order valence-electron chi connectivity index (χ4n) is 1.94. The second-order valence-corrected chi connectivity index (χ2v) is 4.98. The largest absolute Gasteiger partial charge is 0.384 e. The van der Waals surface area contributed by atoms with E-state index in [1.807, 2.05) is 38.2 Å². The van der Waals surface area contributed by atoms with Gasteiger partial charge in [-0.1, -0.05) is 23.7 Å². The molecule has 0 fully saturated rings. The highest BCUT2D eigenvalue weighted by Crippen LogP contribution is 2.26. The first-order valence-corrected chi connectivity index (χ1v) is 6.44. The lowest BCUT2D eigenvalue weighted by Gasteiger charge is -2.26. The normalized spacial score (nSPS) is 12.2. The number of nitrogens with zero attached hydrogens (tertiary/aromatic N) is 3. The van der Waals surface area contributed by atoms with Gasteiger partial charge in [-0.25, -0.2) is 9.97 Å². The topological polar surface area (TPSA) is 55.0 Å². The molecule has 1 aromatic heterocycles. The molecule has 0 saturated heterocycles. The summed E-state index contributed by atoms with van der Waals surface area (Å²) in [5.41, 5.74) is 6.89. The van der Waals surface area contributed by atoms with Gasteiger partial charge in [0.25, 0.3) is 0 Å². The first-order valence-electron chi connectivity index (χ1n) is 6.07. The van der Waals surface area contributed by atoms with E-state index >= 15 is 0 Å². The van der Waals surface area contributed by atoms with Crippen molar-refractivity contribution in [3.63, 3.8) is 0 Å². The van der Waals surface area contributed by atoms with Crippen LogP contribution in [0.4, 0.5) is 11.6 Å². The molecule has 2 N–H and O–H groups in total. The van der Waals surface area contributed by atoms with E-state index in [1.165, 1.54) is 0 Å². The van der Waals surface area contributed by atoms with Crippen molar-refractivity contribution in [2.24, 2.45) is 0 Å². The van der Waals surface area contributed by atoms with E-state index in [4.69, 9.17) is 17.3 Å². The lowest BCUT2D eigenvalue weighted by atomic mass is 10.1.